The highest BCUT2D eigenvalue weighted by Gasteiger charge is 2.18. The van der Waals surface area contributed by atoms with Crippen molar-refractivity contribution in [3.05, 3.63) is 39.3 Å². The molecule has 9 heteroatoms. The number of anilines is 1. The van der Waals surface area contributed by atoms with Crippen LogP contribution in [0.25, 0.3) is 0 Å². The minimum Gasteiger partial charge on any atom is -0.479 e. The van der Waals surface area contributed by atoms with E-state index < -0.39 is 6.10 Å². The predicted octanol–water partition coefficient (Wildman–Crippen LogP) is 3.69. The van der Waals surface area contributed by atoms with Gasteiger partial charge in [0, 0.05) is 30.0 Å². The quantitative estimate of drug-likeness (QED) is 0.778. The van der Waals surface area contributed by atoms with Gasteiger partial charge in [0.05, 0.1) is 23.9 Å². The van der Waals surface area contributed by atoms with Crippen molar-refractivity contribution < 1.29 is 14.3 Å². The smallest absolute Gasteiger partial charge is 0.266 e. The highest BCUT2D eigenvalue weighted by Crippen LogP contribution is 2.28. The zero-order valence-electron chi connectivity index (χ0n) is 14.2. The number of hydrogen-bond acceptors (Lipinski definition) is 6. The van der Waals surface area contributed by atoms with Gasteiger partial charge in [-0.15, -0.1) is 11.3 Å². The molecule has 3 rings (SSSR count). The molecule has 0 radical (unpaired) electrons. The Morgan fingerprint density at radius 3 is 2.92 bits per heavy atom. The van der Waals surface area contributed by atoms with E-state index in [9.17, 15) is 4.79 Å². The third-order valence-corrected chi connectivity index (χ3v) is 5.18. The molecule has 1 aliphatic heterocycles. The molecule has 1 saturated heterocycles. The van der Waals surface area contributed by atoms with Gasteiger partial charge in [-0.2, -0.15) is 0 Å². The zero-order chi connectivity index (χ0) is 18.5. The summed E-state index contributed by atoms with van der Waals surface area (Å²) in [7, 11) is 0. The van der Waals surface area contributed by atoms with Gasteiger partial charge >= 0.3 is 0 Å². The van der Waals surface area contributed by atoms with Crippen LogP contribution in [-0.2, 0) is 16.1 Å². The van der Waals surface area contributed by atoms with Gasteiger partial charge in [0.2, 0.25) is 0 Å². The van der Waals surface area contributed by atoms with Crippen LogP contribution in [0.3, 0.4) is 0 Å². The molecule has 1 fully saturated rings. The van der Waals surface area contributed by atoms with Crippen molar-refractivity contribution in [2.45, 2.75) is 19.6 Å². The first-order valence-corrected chi connectivity index (χ1v) is 9.82. The maximum atomic E-state index is 12.3. The number of ether oxygens (including phenoxy) is 2. The van der Waals surface area contributed by atoms with Crippen molar-refractivity contribution in [2.24, 2.45) is 0 Å². The molecule has 6 nitrogen and oxygen atoms in total. The fourth-order valence-electron chi connectivity index (χ4n) is 2.45. The lowest BCUT2D eigenvalue weighted by atomic mass is 10.3. The van der Waals surface area contributed by atoms with Crippen LogP contribution in [0, 0.1) is 0 Å². The van der Waals surface area contributed by atoms with Crippen molar-refractivity contribution >= 4 is 45.6 Å². The SMILES string of the molecule is C[C@H](Oc1ccc(Cl)cc1Cl)C(=O)Nc1nc(CN2CCOCC2)cs1. The summed E-state index contributed by atoms with van der Waals surface area (Å²) in [6.07, 6.45) is -0.722. The Morgan fingerprint density at radius 2 is 2.19 bits per heavy atom. The maximum Gasteiger partial charge on any atom is 0.266 e. The van der Waals surface area contributed by atoms with Crippen molar-refractivity contribution in [2.75, 3.05) is 31.6 Å². The molecule has 0 saturated carbocycles. The van der Waals surface area contributed by atoms with Crippen molar-refractivity contribution in [3.63, 3.8) is 0 Å². The summed E-state index contributed by atoms with van der Waals surface area (Å²) in [6, 6.07) is 4.87. The zero-order valence-corrected chi connectivity index (χ0v) is 16.5. The number of aromatic nitrogens is 1. The van der Waals surface area contributed by atoms with E-state index in [4.69, 9.17) is 32.7 Å². The molecule has 1 aliphatic rings. The van der Waals surface area contributed by atoms with Gasteiger partial charge < -0.3 is 9.47 Å². The van der Waals surface area contributed by atoms with Crippen LogP contribution in [0.15, 0.2) is 23.6 Å². The van der Waals surface area contributed by atoms with Crippen molar-refractivity contribution in [1.82, 2.24) is 9.88 Å². The topological polar surface area (TPSA) is 63.7 Å². The summed E-state index contributed by atoms with van der Waals surface area (Å²) in [5, 5.41) is 6.15. The Morgan fingerprint density at radius 1 is 1.42 bits per heavy atom. The van der Waals surface area contributed by atoms with Gasteiger partial charge in [-0.25, -0.2) is 4.98 Å². The second-order valence-corrected chi connectivity index (χ2v) is 7.56. The number of carbonyl (C=O) groups excluding carboxylic acids is 1. The minimum atomic E-state index is -0.722. The molecule has 2 heterocycles. The maximum absolute atomic E-state index is 12.3. The summed E-state index contributed by atoms with van der Waals surface area (Å²) in [6.45, 7) is 5.69. The van der Waals surface area contributed by atoms with Crippen LogP contribution < -0.4 is 10.1 Å². The fourth-order valence-corrected chi connectivity index (χ4v) is 3.60. The van der Waals surface area contributed by atoms with E-state index in [1.807, 2.05) is 5.38 Å². The third kappa shape index (κ3) is 5.31. The molecule has 2 aromatic rings. The lowest BCUT2D eigenvalue weighted by molar-refractivity contribution is -0.122. The Bertz CT molecular complexity index is 765. The van der Waals surface area contributed by atoms with E-state index >= 15 is 0 Å². The molecular weight excluding hydrogens is 397 g/mol. The molecule has 0 bridgehead atoms. The van der Waals surface area contributed by atoms with Crippen LogP contribution in [0.1, 0.15) is 12.6 Å². The van der Waals surface area contributed by atoms with Gasteiger partial charge in [0.15, 0.2) is 11.2 Å². The highest BCUT2D eigenvalue weighted by atomic mass is 35.5. The average molecular weight is 416 g/mol. The molecule has 0 unspecified atom stereocenters. The Hall–Kier alpha value is -1.38. The molecule has 140 valence electrons. The summed E-state index contributed by atoms with van der Waals surface area (Å²) in [5.41, 5.74) is 0.932. The summed E-state index contributed by atoms with van der Waals surface area (Å²) in [5.74, 6) is 0.120. The largest absolute Gasteiger partial charge is 0.479 e. The molecule has 0 spiro atoms. The number of carbonyl (C=O) groups is 1. The molecule has 1 amide bonds. The first-order chi connectivity index (χ1) is 12.5. The molecule has 1 N–H and O–H groups in total. The molecular formula is C17H19Cl2N3O3S. The van der Waals surface area contributed by atoms with Crippen LogP contribution in [0.4, 0.5) is 5.13 Å². The second kappa shape index (κ2) is 9.01. The summed E-state index contributed by atoms with van der Waals surface area (Å²) >= 11 is 13.3. The number of amides is 1. The first kappa shape index (κ1) is 19.4. The molecule has 0 aliphatic carbocycles. The van der Waals surface area contributed by atoms with E-state index in [2.05, 4.69) is 15.2 Å². The normalized spacial score (nSPS) is 16.3. The van der Waals surface area contributed by atoms with E-state index in [0.29, 0.717) is 20.9 Å². The lowest BCUT2D eigenvalue weighted by Gasteiger charge is -2.25. The number of halogens is 2. The standard InChI is InChI=1S/C17H19Cl2N3O3S/c1-11(25-15-3-2-12(18)8-14(15)19)16(23)21-17-20-13(10-26-17)9-22-4-6-24-7-5-22/h2-3,8,10-11H,4-7,9H2,1H3,(H,20,21,23)/t11-/m0/s1. The van der Waals surface area contributed by atoms with Crippen LogP contribution in [0.5, 0.6) is 5.75 Å². The molecule has 1 aromatic heterocycles. The number of thiazole rings is 1. The number of morpholine rings is 1. The van der Waals surface area contributed by atoms with Gasteiger partial charge in [-0.3, -0.25) is 15.0 Å². The fraction of sp³-hybridized carbons (Fsp3) is 0.412. The van der Waals surface area contributed by atoms with E-state index in [1.54, 1.807) is 25.1 Å². The van der Waals surface area contributed by atoms with Gasteiger partial charge in [-0.05, 0) is 25.1 Å². The van der Waals surface area contributed by atoms with Crippen molar-refractivity contribution in [1.29, 1.82) is 0 Å². The first-order valence-electron chi connectivity index (χ1n) is 8.18. The van der Waals surface area contributed by atoms with E-state index in [-0.39, 0.29) is 5.91 Å². The minimum absolute atomic E-state index is 0.289. The summed E-state index contributed by atoms with van der Waals surface area (Å²) in [4.78, 5) is 19.1. The number of nitrogens with one attached hydrogen (secondary N) is 1. The predicted molar refractivity (Wildman–Crippen MR) is 103 cm³/mol. The van der Waals surface area contributed by atoms with Gasteiger partial charge in [0.25, 0.3) is 5.91 Å². The summed E-state index contributed by atoms with van der Waals surface area (Å²) < 4.78 is 11.0. The van der Waals surface area contributed by atoms with Crippen LogP contribution >= 0.6 is 34.5 Å². The second-order valence-electron chi connectivity index (χ2n) is 5.86. The molecule has 26 heavy (non-hydrogen) atoms. The third-order valence-electron chi connectivity index (χ3n) is 3.84. The molecule has 1 aromatic carbocycles. The lowest BCUT2D eigenvalue weighted by Crippen LogP contribution is -2.35. The van der Waals surface area contributed by atoms with Crippen LogP contribution in [0.2, 0.25) is 10.0 Å². The Balaban J connectivity index is 1.53. The average Bonchev–Trinajstić information content (AvgIpc) is 3.05. The Kier molecular flexibility index (Phi) is 6.72. The number of nitrogens with zero attached hydrogens (tertiary/aromatic N) is 2. The van der Waals surface area contributed by atoms with Crippen LogP contribution in [-0.4, -0.2) is 48.2 Å². The van der Waals surface area contributed by atoms with Gasteiger partial charge in [-0.1, -0.05) is 23.2 Å². The van der Waals surface area contributed by atoms with Crippen molar-refractivity contribution in [3.8, 4) is 5.75 Å². The number of benzene rings is 1. The van der Waals surface area contributed by atoms with E-state index in [0.717, 1.165) is 38.5 Å². The molecule has 1 atom stereocenters. The Labute approximate surface area is 166 Å². The van der Waals surface area contributed by atoms with E-state index in [1.165, 1.54) is 11.3 Å². The van der Waals surface area contributed by atoms with Gasteiger partial charge in [0.1, 0.15) is 5.75 Å². The number of hydrogen-bond donors (Lipinski definition) is 1. The highest BCUT2D eigenvalue weighted by molar-refractivity contribution is 7.13. The monoisotopic (exact) mass is 415 g/mol. The number of rotatable bonds is 6.